The monoisotopic (exact) mass is 531 g/mol. The van der Waals surface area contributed by atoms with Gasteiger partial charge < -0.3 is 35.6 Å². The average molecular weight is 532 g/mol. The van der Waals surface area contributed by atoms with Crippen LogP contribution in [0.5, 0.6) is 5.75 Å². The summed E-state index contributed by atoms with van der Waals surface area (Å²) in [4.78, 5) is 41.9. The number of amides is 5. The van der Waals surface area contributed by atoms with Crippen molar-refractivity contribution in [3.63, 3.8) is 0 Å². The summed E-state index contributed by atoms with van der Waals surface area (Å²) in [5.74, 6) is 0.305. The van der Waals surface area contributed by atoms with Gasteiger partial charge in [0.05, 0.1) is 25.6 Å². The van der Waals surface area contributed by atoms with Crippen LogP contribution in [0.25, 0.3) is 0 Å². The fourth-order valence-corrected chi connectivity index (χ4v) is 5.04. The molecule has 0 saturated heterocycles. The third-order valence-corrected chi connectivity index (χ3v) is 7.33. The Balaban J connectivity index is 1.83. The number of fused-ring (bicyclic) bond motifs is 1. The molecule has 0 aromatic heterocycles. The number of carbonyl (C=O) groups excluding carboxylic acids is 3. The molecule has 10 heteroatoms. The molecule has 1 aliphatic heterocycles. The zero-order chi connectivity index (χ0) is 27.8. The van der Waals surface area contributed by atoms with E-state index in [0.29, 0.717) is 30.1 Å². The minimum absolute atomic E-state index is 0.0177. The minimum Gasteiger partial charge on any atom is -0.488 e. The van der Waals surface area contributed by atoms with Crippen molar-refractivity contribution in [3.05, 3.63) is 23.8 Å². The Kier molecular flexibility index (Phi) is 10.6. The Morgan fingerprint density at radius 1 is 1.18 bits per heavy atom. The summed E-state index contributed by atoms with van der Waals surface area (Å²) < 4.78 is 6.48. The summed E-state index contributed by atoms with van der Waals surface area (Å²) >= 11 is 0. The van der Waals surface area contributed by atoms with E-state index >= 15 is 0 Å². The number of nitrogens with one attached hydrogen (secondary N) is 3. The van der Waals surface area contributed by atoms with E-state index in [1.54, 1.807) is 35.0 Å². The van der Waals surface area contributed by atoms with Crippen molar-refractivity contribution in [1.82, 2.24) is 20.4 Å². The molecule has 1 aromatic carbocycles. The number of benzene rings is 1. The van der Waals surface area contributed by atoms with E-state index < -0.39 is 6.10 Å². The van der Waals surface area contributed by atoms with Gasteiger partial charge in [-0.15, -0.1) is 0 Å². The van der Waals surface area contributed by atoms with Gasteiger partial charge in [-0.05, 0) is 51.8 Å². The molecule has 0 spiro atoms. The first-order valence-electron chi connectivity index (χ1n) is 13.9. The lowest BCUT2D eigenvalue weighted by Gasteiger charge is -2.34. The second kappa shape index (κ2) is 13.7. The molecule has 1 heterocycles. The molecule has 1 saturated carbocycles. The van der Waals surface area contributed by atoms with Crippen molar-refractivity contribution in [1.29, 1.82) is 0 Å². The SMILES string of the molecule is CC(C)NC(=O)Nc1ccc2c(c1)CC(=O)N([C@H](C)CO)C[C@@H](C)[C@H](CN(C)C(=O)NC1CCCCC1)O2. The molecule has 4 N–H and O–H groups in total. The standard InChI is InChI=1S/C28H45N5O5/c1-18(2)29-27(36)30-23-11-12-24-21(13-23)14-26(35)33(20(4)17-34)15-19(3)25(38-24)16-32(5)28(37)31-22-9-7-6-8-10-22/h11-13,18-20,22,25,34H,6-10,14-17H2,1-5H3,(H,31,37)(H2,29,30,36)/t19-,20-,25+/m1/s1. The summed E-state index contributed by atoms with van der Waals surface area (Å²) in [6, 6.07) is 4.63. The Morgan fingerprint density at radius 3 is 2.55 bits per heavy atom. The maximum absolute atomic E-state index is 13.4. The summed E-state index contributed by atoms with van der Waals surface area (Å²) in [7, 11) is 1.77. The van der Waals surface area contributed by atoms with E-state index in [1.165, 1.54) is 6.42 Å². The maximum Gasteiger partial charge on any atom is 0.319 e. The van der Waals surface area contributed by atoms with Crippen molar-refractivity contribution in [2.75, 3.05) is 32.1 Å². The predicted molar refractivity (Wildman–Crippen MR) is 147 cm³/mol. The molecule has 0 unspecified atom stereocenters. The van der Waals surface area contributed by atoms with E-state index in [9.17, 15) is 19.5 Å². The zero-order valence-corrected chi connectivity index (χ0v) is 23.5. The number of likely N-dealkylation sites (N-methyl/N-ethyl adjacent to an activating group) is 1. The largest absolute Gasteiger partial charge is 0.488 e. The lowest BCUT2D eigenvalue weighted by molar-refractivity contribution is -0.134. The second-order valence-corrected chi connectivity index (χ2v) is 11.1. The number of rotatable bonds is 7. The third-order valence-electron chi connectivity index (χ3n) is 7.33. The molecule has 3 rings (SSSR count). The summed E-state index contributed by atoms with van der Waals surface area (Å²) in [6.07, 6.45) is 5.18. The molecular formula is C28H45N5O5. The first-order chi connectivity index (χ1) is 18.1. The molecule has 0 bridgehead atoms. The van der Waals surface area contributed by atoms with E-state index in [-0.39, 0.29) is 55.0 Å². The summed E-state index contributed by atoms with van der Waals surface area (Å²) in [5.41, 5.74) is 1.19. The molecule has 3 atom stereocenters. The van der Waals surface area contributed by atoms with Crippen molar-refractivity contribution < 1.29 is 24.2 Å². The van der Waals surface area contributed by atoms with Crippen LogP contribution in [-0.4, -0.2) is 83.8 Å². The Labute approximate surface area is 226 Å². The predicted octanol–water partition coefficient (Wildman–Crippen LogP) is 3.34. The highest BCUT2D eigenvalue weighted by molar-refractivity contribution is 5.90. The molecule has 1 fully saturated rings. The highest BCUT2D eigenvalue weighted by atomic mass is 16.5. The maximum atomic E-state index is 13.4. The van der Waals surface area contributed by atoms with Crippen LogP contribution in [0.4, 0.5) is 15.3 Å². The normalized spacial score (nSPS) is 21.3. The van der Waals surface area contributed by atoms with E-state index in [0.717, 1.165) is 25.7 Å². The van der Waals surface area contributed by atoms with Crippen LogP contribution in [0.15, 0.2) is 18.2 Å². The molecule has 2 aliphatic rings. The fraction of sp³-hybridized carbons (Fsp3) is 0.679. The summed E-state index contributed by atoms with van der Waals surface area (Å²) in [5, 5.41) is 18.6. The number of aliphatic hydroxyl groups is 1. The number of carbonyl (C=O) groups is 3. The topological polar surface area (TPSA) is 123 Å². The molecule has 1 aromatic rings. The lowest BCUT2D eigenvalue weighted by Crippen LogP contribution is -2.50. The quantitative estimate of drug-likeness (QED) is 0.430. The smallest absolute Gasteiger partial charge is 0.319 e. The van der Waals surface area contributed by atoms with Gasteiger partial charge in [0.15, 0.2) is 0 Å². The van der Waals surface area contributed by atoms with Gasteiger partial charge >= 0.3 is 12.1 Å². The van der Waals surface area contributed by atoms with Crippen molar-refractivity contribution in [2.24, 2.45) is 5.92 Å². The number of nitrogens with zero attached hydrogens (tertiary/aromatic N) is 2. The van der Waals surface area contributed by atoms with Crippen molar-refractivity contribution in [3.8, 4) is 5.75 Å². The van der Waals surface area contributed by atoms with Crippen LogP contribution in [0.2, 0.25) is 0 Å². The van der Waals surface area contributed by atoms with E-state index in [2.05, 4.69) is 16.0 Å². The first kappa shape index (κ1) is 29.5. The molecule has 1 aliphatic carbocycles. The lowest BCUT2D eigenvalue weighted by atomic mass is 9.96. The van der Waals surface area contributed by atoms with Gasteiger partial charge in [-0.25, -0.2) is 9.59 Å². The highest BCUT2D eigenvalue weighted by Gasteiger charge is 2.32. The van der Waals surface area contributed by atoms with Gasteiger partial charge in [-0.1, -0.05) is 26.2 Å². The molecule has 38 heavy (non-hydrogen) atoms. The number of aliphatic hydroxyl groups excluding tert-OH is 1. The van der Waals surface area contributed by atoms with Crippen molar-refractivity contribution >= 4 is 23.7 Å². The van der Waals surface area contributed by atoms with Gasteiger partial charge in [0, 0.05) is 42.8 Å². The molecular weight excluding hydrogens is 486 g/mol. The third kappa shape index (κ3) is 8.24. The summed E-state index contributed by atoms with van der Waals surface area (Å²) in [6.45, 7) is 8.14. The minimum atomic E-state index is -0.391. The van der Waals surface area contributed by atoms with Crippen LogP contribution < -0.4 is 20.7 Å². The van der Waals surface area contributed by atoms with Gasteiger partial charge in [0.2, 0.25) is 5.91 Å². The molecule has 10 nitrogen and oxygen atoms in total. The van der Waals surface area contributed by atoms with E-state index in [4.69, 9.17) is 4.74 Å². The second-order valence-electron chi connectivity index (χ2n) is 11.1. The van der Waals surface area contributed by atoms with Crippen LogP contribution in [0.3, 0.4) is 0 Å². The van der Waals surface area contributed by atoms with Gasteiger partial charge in [-0.3, -0.25) is 4.79 Å². The highest BCUT2D eigenvalue weighted by Crippen LogP contribution is 2.29. The van der Waals surface area contributed by atoms with Gasteiger partial charge in [-0.2, -0.15) is 0 Å². The Bertz CT molecular complexity index is 965. The van der Waals surface area contributed by atoms with E-state index in [1.807, 2.05) is 27.7 Å². The number of hydrogen-bond donors (Lipinski definition) is 4. The molecule has 5 amide bonds. The first-order valence-corrected chi connectivity index (χ1v) is 13.9. The number of hydrogen-bond acceptors (Lipinski definition) is 5. The Hall–Kier alpha value is -3.01. The number of urea groups is 2. The number of ether oxygens (including phenoxy) is 1. The Morgan fingerprint density at radius 2 is 1.89 bits per heavy atom. The fourth-order valence-electron chi connectivity index (χ4n) is 5.04. The van der Waals surface area contributed by atoms with Gasteiger partial charge in [0.1, 0.15) is 11.9 Å². The van der Waals surface area contributed by atoms with Crippen LogP contribution in [0, 0.1) is 5.92 Å². The number of anilines is 1. The van der Waals surface area contributed by atoms with Crippen LogP contribution >= 0.6 is 0 Å². The zero-order valence-electron chi connectivity index (χ0n) is 23.5. The average Bonchev–Trinajstić information content (AvgIpc) is 2.91. The van der Waals surface area contributed by atoms with Crippen molar-refractivity contribution in [2.45, 2.75) is 90.4 Å². The molecule has 0 radical (unpaired) electrons. The van der Waals surface area contributed by atoms with Gasteiger partial charge in [0.25, 0.3) is 0 Å². The molecule has 212 valence electrons. The van der Waals surface area contributed by atoms with Crippen LogP contribution in [0.1, 0.15) is 65.4 Å². The van der Waals surface area contributed by atoms with Crippen LogP contribution in [-0.2, 0) is 11.2 Å².